The zero-order chi connectivity index (χ0) is 10.3. The van der Waals surface area contributed by atoms with Gasteiger partial charge in [-0.25, -0.2) is 0 Å². The summed E-state index contributed by atoms with van der Waals surface area (Å²) in [5, 5.41) is 35.7. The first-order valence-electron chi connectivity index (χ1n) is 2.13. The molecule has 0 unspecified atom stereocenters. The summed E-state index contributed by atoms with van der Waals surface area (Å²) in [6, 6.07) is 0. The zero-order valence-corrected chi connectivity index (χ0v) is 12.5. The molecule has 0 aliphatic carbocycles. The molecule has 0 spiro atoms. The third-order valence-corrected chi connectivity index (χ3v) is 0.333. The fourth-order valence-corrected chi connectivity index (χ4v) is 0. The largest absolute Gasteiger partial charge is 4.00 e. The average molecular weight is 363 g/mol. The van der Waals surface area contributed by atoms with Crippen LogP contribution < -0.4 is 20.4 Å². The number of rotatable bonds is 0. The van der Waals surface area contributed by atoms with Crippen molar-refractivity contribution in [3.8, 4) is 0 Å². The number of carbonyl (C=O) groups excluding carboxylic acids is 4. The molecule has 0 aromatic heterocycles. The summed E-state index contributed by atoms with van der Waals surface area (Å²) in [4.78, 5) is 35.7. The second-order valence-corrected chi connectivity index (χ2v) is 1.15. The topological polar surface area (TPSA) is 161 Å². The average Bonchev–Trinajstić information content (AvgIpc) is 1.88. The molecule has 0 radical (unpaired) electrons. The Labute approximate surface area is 135 Å². The molecule has 10 heteroatoms. The predicted octanol–water partition coefficient (Wildman–Crippen LogP) is -7.19. The number of aliphatic carboxylic acids is 4. The summed E-state index contributed by atoms with van der Waals surface area (Å²) in [5.74, 6) is -8.74. The van der Waals surface area contributed by atoms with Gasteiger partial charge in [-0.1, -0.05) is 0 Å². The van der Waals surface area contributed by atoms with E-state index in [1.54, 1.807) is 0 Å². The van der Waals surface area contributed by atoms with E-state index in [9.17, 15) is 0 Å². The Bertz CT molecular complexity index is 186. The van der Waals surface area contributed by atoms with E-state index < -0.39 is 23.9 Å². The first-order valence-corrected chi connectivity index (χ1v) is 2.13. The van der Waals surface area contributed by atoms with Crippen molar-refractivity contribution >= 4 is 72.8 Å². The van der Waals surface area contributed by atoms with Crippen LogP contribution in [0.2, 0.25) is 0 Å². The molecule has 14 heavy (non-hydrogen) atoms. The second-order valence-electron chi connectivity index (χ2n) is 1.15. The van der Waals surface area contributed by atoms with Gasteiger partial charge in [-0.3, -0.25) is 0 Å². The van der Waals surface area contributed by atoms with E-state index in [2.05, 4.69) is 0 Å². The Morgan fingerprint density at radius 2 is 0.714 bits per heavy atom. The van der Waals surface area contributed by atoms with Gasteiger partial charge in [0.2, 0.25) is 0 Å². The third kappa shape index (κ3) is 22.7. The minimum atomic E-state index is -2.19. The number of carbonyl (C=O) groups is 4. The summed E-state index contributed by atoms with van der Waals surface area (Å²) in [7, 11) is 0. The van der Waals surface area contributed by atoms with E-state index in [0.717, 1.165) is 0 Å². The second kappa shape index (κ2) is 13.2. The zero-order valence-electron chi connectivity index (χ0n) is 8.47. The van der Waals surface area contributed by atoms with Crippen molar-refractivity contribution in [1.82, 2.24) is 0 Å². The van der Waals surface area contributed by atoms with E-state index in [1.807, 2.05) is 0 Å². The molecule has 0 N–H and O–H groups in total. The summed E-state index contributed by atoms with van der Waals surface area (Å²) >= 11 is 0. The van der Waals surface area contributed by atoms with Gasteiger partial charge in [0.25, 0.3) is 0 Å². The maximum absolute atomic E-state index is 8.93. The molecular formula is C4H2BaO8Ti. The van der Waals surface area contributed by atoms with Gasteiger partial charge in [-0.05, 0) is 0 Å². The van der Waals surface area contributed by atoms with Crippen molar-refractivity contribution in [2.45, 2.75) is 0 Å². The molecule has 0 bridgehead atoms. The third-order valence-electron chi connectivity index (χ3n) is 0.333. The predicted molar refractivity (Wildman–Crippen MR) is 28.0 cm³/mol. The van der Waals surface area contributed by atoms with Crippen LogP contribution in [-0.4, -0.2) is 72.8 Å². The molecule has 0 aliphatic rings. The molecule has 8 nitrogen and oxygen atoms in total. The molecule has 0 atom stereocenters. The molecule has 0 fully saturated rings. The van der Waals surface area contributed by atoms with Gasteiger partial charge >= 0.3 is 70.6 Å². The maximum atomic E-state index is 8.93. The molecule has 0 amide bonds. The molecule has 72 valence electrons. The molecule has 0 heterocycles. The van der Waals surface area contributed by atoms with Crippen LogP contribution in [0, 0.1) is 0 Å². The van der Waals surface area contributed by atoms with E-state index in [-0.39, 0.29) is 73.5 Å². The molecule has 0 saturated heterocycles. The Balaban J connectivity index is -0.0000000250. The summed E-state index contributed by atoms with van der Waals surface area (Å²) in [6.45, 7) is 0. The minimum absolute atomic E-state index is 0. The fourth-order valence-electron chi connectivity index (χ4n) is 0. The molecule has 0 aliphatic heterocycles. The SMILES string of the molecule is O=C([O-])C(=O)[O-].O=C([O-])C(=O)[O-].[Ba+2].[H-].[H-].[Ti+4]. The van der Waals surface area contributed by atoms with Gasteiger partial charge in [0.05, 0.1) is 23.9 Å². The summed E-state index contributed by atoms with van der Waals surface area (Å²) < 4.78 is 0. The van der Waals surface area contributed by atoms with Crippen LogP contribution in [0.3, 0.4) is 0 Å². The van der Waals surface area contributed by atoms with Crippen molar-refractivity contribution in [2.24, 2.45) is 0 Å². The van der Waals surface area contributed by atoms with Gasteiger partial charge in [-0.15, -0.1) is 0 Å². The first kappa shape index (κ1) is 23.8. The summed E-state index contributed by atoms with van der Waals surface area (Å²) in [6.07, 6.45) is 0. The van der Waals surface area contributed by atoms with Crippen LogP contribution in [0.1, 0.15) is 2.85 Å². The number of carboxylic acid groups (broad SMARTS) is 4. The van der Waals surface area contributed by atoms with Gasteiger partial charge in [0.1, 0.15) is 0 Å². The normalized spacial score (nSPS) is 6.29. The monoisotopic (exact) mass is 364 g/mol. The van der Waals surface area contributed by atoms with E-state index >= 15 is 0 Å². The Kier molecular flexibility index (Phi) is 22.3. The van der Waals surface area contributed by atoms with Crippen LogP contribution in [0.15, 0.2) is 0 Å². The van der Waals surface area contributed by atoms with Crippen LogP contribution in [0.25, 0.3) is 0 Å². The van der Waals surface area contributed by atoms with Crippen molar-refractivity contribution in [3.05, 3.63) is 0 Å². The fraction of sp³-hybridized carbons (Fsp3) is 0. The van der Waals surface area contributed by atoms with Gasteiger partial charge in [-0.2, -0.15) is 0 Å². The van der Waals surface area contributed by atoms with Gasteiger partial charge in [0.15, 0.2) is 0 Å². The van der Waals surface area contributed by atoms with Crippen LogP contribution in [0.4, 0.5) is 0 Å². The maximum Gasteiger partial charge on any atom is 4.00 e. The summed E-state index contributed by atoms with van der Waals surface area (Å²) in [5.41, 5.74) is 0. The Hall–Kier alpha value is 0.166. The van der Waals surface area contributed by atoms with Crippen LogP contribution in [-0.2, 0) is 40.9 Å². The van der Waals surface area contributed by atoms with Gasteiger partial charge < -0.3 is 42.5 Å². The van der Waals surface area contributed by atoms with Crippen molar-refractivity contribution in [3.63, 3.8) is 0 Å². The van der Waals surface area contributed by atoms with E-state index in [0.29, 0.717) is 0 Å². The van der Waals surface area contributed by atoms with Crippen molar-refractivity contribution < 1.29 is 64.2 Å². The molecule has 0 aromatic rings. The molecular weight excluding hydrogens is 361 g/mol. The number of hydrogen-bond acceptors (Lipinski definition) is 8. The Morgan fingerprint density at radius 3 is 0.714 bits per heavy atom. The molecule has 0 rings (SSSR count). The van der Waals surface area contributed by atoms with Crippen LogP contribution in [0.5, 0.6) is 0 Å². The Morgan fingerprint density at radius 1 is 0.643 bits per heavy atom. The molecule has 0 aromatic carbocycles. The quantitative estimate of drug-likeness (QED) is 0.303. The van der Waals surface area contributed by atoms with Crippen molar-refractivity contribution in [1.29, 1.82) is 0 Å². The number of hydrogen-bond donors (Lipinski definition) is 0. The van der Waals surface area contributed by atoms with E-state index in [1.165, 1.54) is 0 Å². The minimum Gasteiger partial charge on any atom is -1.00 e. The first-order chi connectivity index (χ1) is 5.29. The van der Waals surface area contributed by atoms with Crippen LogP contribution >= 0.6 is 0 Å². The van der Waals surface area contributed by atoms with Gasteiger partial charge in [0, 0.05) is 0 Å². The standard InChI is InChI=1S/2C2H2O4.Ba.Ti.2H/c2*3-1(4)2(5)6;;;;/h2*(H,3,4)(H,5,6);;;;/q;;+2;+4;2*-1/p-4. The van der Waals surface area contributed by atoms with Crippen molar-refractivity contribution in [2.75, 3.05) is 0 Å². The molecule has 0 saturated carbocycles. The smallest absolute Gasteiger partial charge is 1.00 e. The number of carboxylic acids is 4. The van der Waals surface area contributed by atoms with E-state index in [4.69, 9.17) is 39.6 Å².